The molecule has 0 saturated heterocycles. The Labute approximate surface area is 193 Å². The molecular weight excluding hydrogens is 437 g/mol. The molecule has 0 aliphatic heterocycles. The predicted molar refractivity (Wildman–Crippen MR) is 106 cm³/mol. The lowest BCUT2D eigenvalue weighted by atomic mass is 9.94. The highest BCUT2D eigenvalue weighted by Crippen LogP contribution is 2.52. The molecule has 0 spiro atoms. The topological polar surface area (TPSA) is 17.2 Å². The Balaban J connectivity index is 2.43. The third-order valence-corrected chi connectivity index (χ3v) is 4.30. The van der Waals surface area contributed by atoms with Gasteiger partial charge in [-0.3, -0.25) is 4.98 Å². The van der Waals surface area contributed by atoms with E-state index in [1.807, 2.05) is 0 Å². The molecule has 0 fully saturated rings. The SMILES string of the molecule is [2H]c1c([2H])c(-c2cc(-c3cc(C(F)(F)C(F)(F)C(F)(F)F)c(C([2H])([2H])[2H])cn3)ccc2C([2H])([2H])[2H])c([2H])c([2H])c1[N+]#[C-]. The van der Waals surface area contributed by atoms with E-state index in [4.69, 9.17) is 20.3 Å². The summed E-state index contributed by atoms with van der Waals surface area (Å²) in [6, 6.07) is -0.944. The molecule has 0 unspecified atom stereocenters. The normalized spacial score (nSPS) is 17.8. The van der Waals surface area contributed by atoms with Crippen molar-refractivity contribution < 1.29 is 44.4 Å². The summed E-state index contributed by atoms with van der Waals surface area (Å²) in [5, 5.41) is 0. The van der Waals surface area contributed by atoms with E-state index in [1.54, 1.807) is 0 Å². The molecule has 0 aliphatic carbocycles. The van der Waals surface area contributed by atoms with Crippen LogP contribution in [-0.2, 0) is 5.92 Å². The van der Waals surface area contributed by atoms with Crippen LogP contribution in [0.5, 0.6) is 0 Å². The number of nitrogens with zero attached hydrogens (tertiary/aromatic N) is 2. The molecule has 2 nitrogen and oxygen atoms in total. The highest BCUT2D eigenvalue weighted by Gasteiger charge is 2.73. The fraction of sp³-hybridized carbons (Fsp3) is 0.217. The summed E-state index contributed by atoms with van der Waals surface area (Å²) in [6.07, 6.45) is -6.65. The molecule has 0 N–H and O–H groups in total. The van der Waals surface area contributed by atoms with Crippen LogP contribution in [0.1, 0.15) is 30.4 Å². The van der Waals surface area contributed by atoms with E-state index < -0.39 is 101 Å². The number of aromatic nitrogens is 1. The second-order valence-electron chi connectivity index (χ2n) is 6.36. The minimum Gasteiger partial charge on any atom is -0.256 e. The van der Waals surface area contributed by atoms with Crippen LogP contribution < -0.4 is 0 Å². The standard InChI is InChI=1S/C23H15F7N2/c1-13-4-5-16(10-18(13)15-6-8-17(31-3)9-7-15)20-11-19(14(2)12-32-20)21(24,25)22(26,27)23(28,29)30/h4-12H,1-2H3/i1D3,2D3,6D,7D,8D,9D. The van der Waals surface area contributed by atoms with Crippen molar-refractivity contribution in [3.8, 4) is 22.4 Å². The zero-order valence-corrected chi connectivity index (χ0v) is 15.4. The molecule has 32 heavy (non-hydrogen) atoms. The molecule has 0 saturated carbocycles. The smallest absolute Gasteiger partial charge is 0.256 e. The maximum absolute atomic E-state index is 14.8. The lowest BCUT2D eigenvalue weighted by molar-refractivity contribution is -0.359. The van der Waals surface area contributed by atoms with Gasteiger partial charge in [-0.2, -0.15) is 30.7 Å². The fourth-order valence-corrected chi connectivity index (χ4v) is 2.63. The zero-order chi connectivity index (χ0) is 32.4. The van der Waals surface area contributed by atoms with Gasteiger partial charge in [-0.05, 0) is 48.1 Å². The van der Waals surface area contributed by atoms with Gasteiger partial charge < -0.3 is 0 Å². The monoisotopic (exact) mass is 462 g/mol. The Morgan fingerprint density at radius 2 is 1.56 bits per heavy atom. The summed E-state index contributed by atoms with van der Waals surface area (Å²) in [7, 11) is 0. The minimum absolute atomic E-state index is 0.0212. The molecule has 3 rings (SSSR count). The van der Waals surface area contributed by atoms with E-state index >= 15 is 0 Å². The van der Waals surface area contributed by atoms with E-state index in [0.29, 0.717) is 0 Å². The third-order valence-electron chi connectivity index (χ3n) is 4.30. The Morgan fingerprint density at radius 3 is 2.12 bits per heavy atom. The van der Waals surface area contributed by atoms with Crippen LogP contribution in [0.15, 0.2) is 54.6 Å². The van der Waals surface area contributed by atoms with Crippen LogP contribution in [0.2, 0.25) is 0 Å². The quantitative estimate of drug-likeness (QED) is 0.285. The molecule has 1 aromatic heterocycles. The number of benzene rings is 2. The molecular formula is C23H15F7N2. The maximum atomic E-state index is 14.8. The van der Waals surface area contributed by atoms with E-state index in [0.717, 1.165) is 18.2 Å². The first kappa shape index (κ1) is 13.2. The van der Waals surface area contributed by atoms with Gasteiger partial charge in [-0.25, -0.2) is 4.85 Å². The van der Waals surface area contributed by atoms with Crippen LogP contribution in [0.25, 0.3) is 27.2 Å². The van der Waals surface area contributed by atoms with E-state index in [1.165, 1.54) is 0 Å². The molecule has 166 valence electrons. The van der Waals surface area contributed by atoms with Crippen molar-refractivity contribution in [2.24, 2.45) is 0 Å². The van der Waals surface area contributed by atoms with Crippen molar-refractivity contribution in [2.45, 2.75) is 31.7 Å². The van der Waals surface area contributed by atoms with Gasteiger partial charge in [0.15, 0.2) is 5.69 Å². The number of alkyl halides is 7. The summed E-state index contributed by atoms with van der Waals surface area (Å²) < 4.78 is 174. The summed E-state index contributed by atoms with van der Waals surface area (Å²) in [5.74, 6) is -12.8. The van der Waals surface area contributed by atoms with Gasteiger partial charge in [0.1, 0.15) is 0 Å². The molecule has 0 atom stereocenters. The van der Waals surface area contributed by atoms with Gasteiger partial charge in [0.05, 0.1) is 15.0 Å². The number of pyridine rings is 1. The molecule has 0 bridgehead atoms. The van der Waals surface area contributed by atoms with Crippen molar-refractivity contribution >= 4 is 5.69 Å². The van der Waals surface area contributed by atoms with Crippen LogP contribution >= 0.6 is 0 Å². The number of hydrogen-bond acceptors (Lipinski definition) is 1. The molecule has 0 aliphatic rings. The van der Waals surface area contributed by atoms with Crippen LogP contribution in [0, 0.1) is 20.3 Å². The summed E-state index contributed by atoms with van der Waals surface area (Å²) in [6.45, 7) is 0.469. The lowest BCUT2D eigenvalue weighted by Crippen LogP contribution is -2.50. The first-order chi connectivity index (χ1) is 18.9. The van der Waals surface area contributed by atoms with Gasteiger partial charge in [-0.15, -0.1) is 0 Å². The second-order valence-corrected chi connectivity index (χ2v) is 6.36. The third kappa shape index (κ3) is 3.93. The summed E-state index contributed by atoms with van der Waals surface area (Å²) in [5.41, 5.74) is -7.63. The van der Waals surface area contributed by atoms with Gasteiger partial charge >= 0.3 is 18.0 Å². The lowest BCUT2D eigenvalue weighted by Gasteiger charge is -2.29. The minimum atomic E-state index is -6.80. The zero-order valence-electron chi connectivity index (χ0n) is 25.4. The highest BCUT2D eigenvalue weighted by atomic mass is 19.4. The Kier molecular flexibility index (Phi) is 3.27. The summed E-state index contributed by atoms with van der Waals surface area (Å²) >= 11 is 0. The fourth-order valence-electron chi connectivity index (χ4n) is 2.63. The molecule has 1 heterocycles. The van der Waals surface area contributed by atoms with Crippen LogP contribution in [0.4, 0.5) is 36.4 Å². The van der Waals surface area contributed by atoms with Crippen molar-refractivity contribution in [1.82, 2.24) is 4.98 Å². The average molecular weight is 462 g/mol. The van der Waals surface area contributed by atoms with Gasteiger partial charge in [-0.1, -0.05) is 36.3 Å². The first-order valence-corrected chi connectivity index (χ1v) is 8.36. The van der Waals surface area contributed by atoms with Gasteiger partial charge in [0.2, 0.25) is 0 Å². The number of aryl methyl sites for hydroxylation is 2. The molecule has 0 amide bonds. The first-order valence-electron chi connectivity index (χ1n) is 13.4. The van der Waals surface area contributed by atoms with Crippen LogP contribution in [0.3, 0.4) is 0 Å². The van der Waals surface area contributed by atoms with Gasteiger partial charge in [0, 0.05) is 28.3 Å². The predicted octanol–water partition coefficient (Wildman–Crippen LogP) is 7.87. The van der Waals surface area contributed by atoms with Crippen molar-refractivity contribution in [3.63, 3.8) is 0 Å². The Hall–Kier alpha value is -3.41. The van der Waals surface area contributed by atoms with Crippen LogP contribution in [-0.4, -0.2) is 17.1 Å². The molecule has 3 aromatic rings. The van der Waals surface area contributed by atoms with Crippen molar-refractivity contribution in [2.75, 3.05) is 0 Å². The number of rotatable bonds is 4. The van der Waals surface area contributed by atoms with Crippen molar-refractivity contribution in [3.05, 3.63) is 82.7 Å². The number of hydrogen-bond donors (Lipinski definition) is 0. The van der Waals surface area contributed by atoms with E-state index in [2.05, 4.69) is 9.83 Å². The maximum Gasteiger partial charge on any atom is 0.460 e. The van der Waals surface area contributed by atoms with E-state index in [-0.39, 0.29) is 12.3 Å². The Morgan fingerprint density at radius 1 is 0.906 bits per heavy atom. The molecule has 9 heteroatoms. The average Bonchev–Trinajstić information content (AvgIpc) is 2.85. The molecule has 2 aromatic carbocycles. The Bertz CT molecular complexity index is 1580. The summed E-state index contributed by atoms with van der Waals surface area (Å²) in [4.78, 5) is 6.52. The highest BCUT2D eigenvalue weighted by molar-refractivity contribution is 5.75. The number of halogens is 7. The largest absolute Gasteiger partial charge is 0.460 e. The second kappa shape index (κ2) is 7.93. The van der Waals surface area contributed by atoms with Gasteiger partial charge in [0.25, 0.3) is 0 Å². The van der Waals surface area contributed by atoms with Crippen molar-refractivity contribution in [1.29, 1.82) is 0 Å². The van der Waals surface area contributed by atoms with E-state index in [9.17, 15) is 30.7 Å². The molecule has 0 radical (unpaired) electrons.